The Morgan fingerprint density at radius 1 is 1.25 bits per heavy atom. The lowest BCUT2D eigenvalue weighted by molar-refractivity contribution is -0.125. The van der Waals surface area contributed by atoms with Crippen molar-refractivity contribution in [3.8, 4) is 0 Å². The highest BCUT2D eigenvalue weighted by Gasteiger charge is 2.01. The van der Waals surface area contributed by atoms with E-state index in [1.54, 1.807) is 0 Å². The van der Waals surface area contributed by atoms with Gasteiger partial charge in [0.1, 0.15) is 0 Å². The summed E-state index contributed by atoms with van der Waals surface area (Å²) in [4.78, 5) is 21.4. The van der Waals surface area contributed by atoms with Crippen molar-refractivity contribution in [2.75, 3.05) is 25.4 Å². The van der Waals surface area contributed by atoms with Crippen LogP contribution in [0.5, 0.6) is 0 Å². The molecule has 6 heteroatoms. The van der Waals surface area contributed by atoms with E-state index in [2.05, 4.69) is 23.3 Å². The van der Waals surface area contributed by atoms with Crippen LogP contribution in [0.1, 0.15) is 0 Å². The zero-order valence-electron chi connectivity index (χ0n) is 6.67. The minimum absolute atomic E-state index is 0.0240. The quantitative estimate of drug-likeness (QED) is 0.383. The van der Waals surface area contributed by atoms with E-state index in [0.717, 1.165) is 0 Å². The number of carbonyl (C=O) groups is 2. The first-order valence-electron chi connectivity index (χ1n) is 3.55. The molecule has 70 valence electrons. The summed E-state index contributed by atoms with van der Waals surface area (Å²) in [5, 5.41) is 4.88. The third kappa shape index (κ3) is 5.99. The van der Waals surface area contributed by atoms with Crippen molar-refractivity contribution in [3.05, 3.63) is 0 Å². The molecule has 0 aliphatic rings. The summed E-state index contributed by atoms with van der Waals surface area (Å²) in [5.74, 6) is 0.0122. The third-order valence-electron chi connectivity index (χ3n) is 1.07. The van der Waals surface area contributed by atoms with Gasteiger partial charge in [-0.1, -0.05) is 0 Å². The molecule has 0 aromatic rings. The normalized spacial score (nSPS) is 9.17. The maximum atomic E-state index is 10.8. The van der Waals surface area contributed by atoms with Crippen LogP contribution in [-0.4, -0.2) is 37.2 Å². The van der Waals surface area contributed by atoms with Crippen LogP contribution in [0.4, 0.5) is 0 Å². The number of amides is 2. The second-order valence-electron chi connectivity index (χ2n) is 2.05. The molecule has 5 nitrogen and oxygen atoms in total. The van der Waals surface area contributed by atoms with Crippen LogP contribution in [0.2, 0.25) is 0 Å². The van der Waals surface area contributed by atoms with E-state index in [0.29, 0.717) is 12.3 Å². The van der Waals surface area contributed by atoms with E-state index in [1.165, 1.54) is 0 Å². The molecule has 0 unspecified atom stereocenters. The molecule has 0 saturated carbocycles. The van der Waals surface area contributed by atoms with Gasteiger partial charge in [0, 0.05) is 12.3 Å². The van der Waals surface area contributed by atoms with Crippen LogP contribution in [0.15, 0.2) is 0 Å². The number of rotatable bonds is 5. The molecular formula is C6H13N3O2S. The second kappa shape index (κ2) is 6.93. The fraction of sp³-hybridized carbons (Fsp3) is 0.667. The predicted octanol–water partition coefficient (Wildman–Crippen LogP) is -1.89. The average Bonchev–Trinajstić information content (AvgIpc) is 2.10. The highest BCUT2D eigenvalue weighted by atomic mass is 32.1. The lowest BCUT2D eigenvalue weighted by Crippen LogP contribution is -2.39. The monoisotopic (exact) mass is 191 g/mol. The molecule has 0 spiro atoms. The van der Waals surface area contributed by atoms with Gasteiger partial charge < -0.3 is 16.4 Å². The van der Waals surface area contributed by atoms with Crippen LogP contribution < -0.4 is 16.4 Å². The van der Waals surface area contributed by atoms with Crippen LogP contribution >= 0.6 is 12.6 Å². The first-order chi connectivity index (χ1) is 5.70. The van der Waals surface area contributed by atoms with Crippen LogP contribution in [0, 0.1) is 0 Å². The van der Waals surface area contributed by atoms with Crippen LogP contribution in [0.3, 0.4) is 0 Å². The van der Waals surface area contributed by atoms with Crippen molar-refractivity contribution in [1.82, 2.24) is 10.6 Å². The van der Waals surface area contributed by atoms with Crippen molar-refractivity contribution >= 4 is 24.4 Å². The summed E-state index contributed by atoms with van der Waals surface area (Å²) in [6, 6.07) is 0. The van der Waals surface area contributed by atoms with Gasteiger partial charge in [0.05, 0.1) is 13.1 Å². The lowest BCUT2D eigenvalue weighted by Gasteiger charge is -2.03. The summed E-state index contributed by atoms with van der Waals surface area (Å²) in [6.45, 7) is 0.379. The number of nitrogens with two attached hydrogens (primary N) is 1. The number of carbonyl (C=O) groups excluding carboxylic acids is 2. The van der Waals surface area contributed by atoms with Gasteiger partial charge in [-0.3, -0.25) is 9.59 Å². The summed E-state index contributed by atoms with van der Waals surface area (Å²) < 4.78 is 0. The minimum atomic E-state index is -0.337. The van der Waals surface area contributed by atoms with E-state index in [-0.39, 0.29) is 24.9 Å². The zero-order valence-corrected chi connectivity index (χ0v) is 7.56. The Hall–Kier alpha value is -0.750. The second-order valence-corrected chi connectivity index (χ2v) is 2.50. The third-order valence-corrected chi connectivity index (χ3v) is 1.29. The molecule has 0 atom stereocenters. The van der Waals surface area contributed by atoms with E-state index < -0.39 is 0 Å². The Kier molecular flexibility index (Phi) is 6.50. The number of nitrogens with one attached hydrogen (secondary N) is 2. The summed E-state index contributed by atoms with van der Waals surface area (Å²) in [5.41, 5.74) is 5.00. The van der Waals surface area contributed by atoms with E-state index in [1.807, 2.05) is 0 Å². The Labute approximate surface area is 76.5 Å². The smallest absolute Gasteiger partial charge is 0.239 e. The van der Waals surface area contributed by atoms with Crippen LogP contribution in [-0.2, 0) is 9.59 Å². The molecule has 0 radical (unpaired) electrons. The Balaban J connectivity index is 3.37. The lowest BCUT2D eigenvalue weighted by atomic mass is 10.5. The fourth-order valence-corrected chi connectivity index (χ4v) is 0.621. The molecule has 4 N–H and O–H groups in total. The molecule has 2 amide bonds. The van der Waals surface area contributed by atoms with Crippen molar-refractivity contribution in [2.24, 2.45) is 5.73 Å². The molecule has 0 bridgehead atoms. The largest absolute Gasteiger partial charge is 0.354 e. The van der Waals surface area contributed by atoms with Gasteiger partial charge in [0.15, 0.2) is 0 Å². The molecule has 0 heterocycles. The van der Waals surface area contributed by atoms with Gasteiger partial charge in [-0.05, 0) is 0 Å². The highest BCUT2D eigenvalue weighted by molar-refractivity contribution is 7.80. The van der Waals surface area contributed by atoms with E-state index in [9.17, 15) is 9.59 Å². The van der Waals surface area contributed by atoms with E-state index >= 15 is 0 Å². The molecule has 0 rings (SSSR count). The Morgan fingerprint density at radius 2 is 1.92 bits per heavy atom. The molecule has 0 fully saturated rings. The summed E-state index contributed by atoms with van der Waals surface area (Å²) >= 11 is 3.90. The zero-order chi connectivity index (χ0) is 9.40. The fourth-order valence-electron chi connectivity index (χ4n) is 0.509. The Bertz CT molecular complexity index is 163. The van der Waals surface area contributed by atoms with Gasteiger partial charge in [-0.15, -0.1) is 0 Å². The molecule has 0 saturated heterocycles. The topological polar surface area (TPSA) is 84.2 Å². The summed E-state index contributed by atoms with van der Waals surface area (Å²) in [7, 11) is 0. The molecule has 0 aromatic carbocycles. The number of hydrogen-bond donors (Lipinski definition) is 4. The van der Waals surface area contributed by atoms with Crippen molar-refractivity contribution in [3.63, 3.8) is 0 Å². The molecule has 0 aromatic heterocycles. The molecule has 0 aliphatic carbocycles. The minimum Gasteiger partial charge on any atom is -0.354 e. The Morgan fingerprint density at radius 3 is 2.42 bits per heavy atom. The maximum absolute atomic E-state index is 10.8. The first-order valence-corrected chi connectivity index (χ1v) is 4.18. The van der Waals surface area contributed by atoms with Crippen molar-refractivity contribution < 1.29 is 9.59 Å². The SMILES string of the molecule is NCC(=O)NCC(=O)NCCS. The highest BCUT2D eigenvalue weighted by Crippen LogP contribution is 1.69. The van der Waals surface area contributed by atoms with Crippen LogP contribution in [0.25, 0.3) is 0 Å². The number of hydrogen-bond acceptors (Lipinski definition) is 4. The average molecular weight is 191 g/mol. The standard InChI is InChI=1S/C6H13N3O2S/c7-3-5(10)9-4-6(11)8-1-2-12/h12H,1-4,7H2,(H,8,11)(H,9,10). The molecule has 0 aliphatic heterocycles. The van der Waals surface area contributed by atoms with Gasteiger partial charge in [0.2, 0.25) is 11.8 Å². The van der Waals surface area contributed by atoms with E-state index in [4.69, 9.17) is 5.73 Å². The number of thiol groups is 1. The first kappa shape index (κ1) is 11.2. The summed E-state index contributed by atoms with van der Waals surface area (Å²) in [6.07, 6.45) is 0. The van der Waals surface area contributed by atoms with Gasteiger partial charge in [-0.25, -0.2) is 0 Å². The van der Waals surface area contributed by atoms with Gasteiger partial charge in [-0.2, -0.15) is 12.6 Å². The molecule has 12 heavy (non-hydrogen) atoms. The predicted molar refractivity (Wildman–Crippen MR) is 48.9 cm³/mol. The maximum Gasteiger partial charge on any atom is 0.239 e. The van der Waals surface area contributed by atoms with Gasteiger partial charge in [0.25, 0.3) is 0 Å². The van der Waals surface area contributed by atoms with Crippen molar-refractivity contribution in [2.45, 2.75) is 0 Å². The van der Waals surface area contributed by atoms with Gasteiger partial charge >= 0.3 is 0 Å². The molecular weight excluding hydrogens is 178 g/mol. The van der Waals surface area contributed by atoms with Crippen molar-refractivity contribution in [1.29, 1.82) is 0 Å².